The molecular weight excluding hydrogens is 412 g/mol. The average molecular weight is 433 g/mol. The molecule has 2 aromatic heterocycles. The van der Waals surface area contributed by atoms with Crippen LogP contribution in [0.25, 0.3) is 10.1 Å². The maximum atomic E-state index is 13.2. The molecule has 1 N–H and O–H groups in total. The summed E-state index contributed by atoms with van der Waals surface area (Å²) in [6.07, 6.45) is 0.903. The van der Waals surface area contributed by atoms with Crippen molar-refractivity contribution in [3.63, 3.8) is 0 Å². The minimum Gasteiger partial charge on any atom is -0.334 e. The van der Waals surface area contributed by atoms with Crippen LogP contribution in [0.2, 0.25) is 0 Å². The quantitative estimate of drug-likeness (QED) is 0.450. The van der Waals surface area contributed by atoms with E-state index in [1.807, 2.05) is 60.4 Å². The van der Waals surface area contributed by atoms with Crippen molar-refractivity contribution in [3.8, 4) is 0 Å². The van der Waals surface area contributed by atoms with Gasteiger partial charge in [0.2, 0.25) is 0 Å². The topological polar surface area (TPSA) is 49.4 Å². The Balaban J connectivity index is 1.38. The van der Waals surface area contributed by atoms with Gasteiger partial charge in [-0.2, -0.15) is 0 Å². The zero-order valence-electron chi connectivity index (χ0n) is 16.5. The van der Waals surface area contributed by atoms with Crippen LogP contribution in [0.1, 0.15) is 36.0 Å². The molecule has 0 saturated heterocycles. The number of amides is 2. The number of hydrogen-bond acceptors (Lipinski definition) is 4. The summed E-state index contributed by atoms with van der Waals surface area (Å²) in [5.41, 5.74) is 3.36. The molecule has 0 saturated carbocycles. The van der Waals surface area contributed by atoms with E-state index in [2.05, 4.69) is 16.8 Å². The molecule has 4 aromatic rings. The summed E-state index contributed by atoms with van der Waals surface area (Å²) in [5.74, 6) is -0.132. The number of nitrogens with zero attached hydrogens (tertiary/aromatic N) is 1. The third-order valence-electron chi connectivity index (χ3n) is 5.56. The first kappa shape index (κ1) is 19.0. The number of carbonyl (C=O) groups is 2. The molecule has 0 bridgehead atoms. The van der Waals surface area contributed by atoms with Gasteiger partial charge in [0.25, 0.3) is 11.8 Å². The van der Waals surface area contributed by atoms with E-state index in [-0.39, 0.29) is 11.8 Å². The first-order valence-electron chi connectivity index (χ1n) is 9.84. The third kappa shape index (κ3) is 3.42. The highest BCUT2D eigenvalue weighted by atomic mass is 32.1. The first-order valence-corrected chi connectivity index (χ1v) is 11.5. The van der Waals surface area contributed by atoms with Crippen molar-refractivity contribution in [2.24, 2.45) is 0 Å². The largest absolute Gasteiger partial charge is 0.334 e. The first-order chi connectivity index (χ1) is 14.6. The smallest absolute Gasteiger partial charge is 0.265 e. The van der Waals surface area contributed by atoms with E-state index in [0.717, 1.165) is 28.6 Å². The summed E-state index contributed by atoms with van der Waals surface area (Å²) in [6.45, 7) is 3.27. The van der Waals surface area contributed by atoms with Gasteiger partial charge in [0.05, 0.1) is 4.88 Å². The van der Waals surface area contributed by atoms with Gasteiger partial charge in [0.15, 0.2) is 0 Å². The molecule has 30 heavy (non-hydrogen) atoms. The Morgan fingerprint density at radius 2 is 1.93 bits per heavy atom. The molecule has 6 heteroatoms. The van der Waals surface area contributed by atoms with Crippen molar-refractivity contribution in [1.82, 2.24) is 4.90 Å². The summed E-state index contributed by atoms with van der Waals surface area (Å²) in [6, 6.07) is 17.5. The lowest BCUT2D eigenvalue weighted by molar-refractivity contribution is 0.0735. The lowest BCUT2D eigenvalue weighted by Crippen LogP contribution is -2.35. The third-order valence-corrected chi connectivity index (χ3v) is 7.69. The molecule has 1 aliphatic rings. The van der Waals surface area contributed by atoms with Gasteiger partial charge in [-0.15, -0.1) is 22.7 Å². The normalized spacial score (nSPS) is 13.3. The van der Waals surface area contributed by atoms with E-state index in [0.29, 0.717) is 22.7 Å². The molecule has 1 aliphatic heterocycles. The fourth-order valence-electron chi connectivity index (χ4n) is 3.87. The van der Waals surface area contributed by atoms with Gasteiger partial charge in [-0.25, -0.2) is 0 Å². The van der Waals surface area contributed by atoms with Crippen molar-refractivity contribution in [3.05, 3.63) is 86.4 Å². The van der Waals surface area contributed by atoms with Crippen LogP contribution in [0.4, 0.5) is 5.69 Å². The van der Waals surface area contributed by atoms with Crippen LogP contribution in [0, 0.1) is 6.92 Å². The predicted molar refractivity (Wildman–Crippen MR) is 124 cm³/mol. The molecule has 4 nitrogen and oxygen atoms in total. The summed E-state index contributed by atoms with van der Waals surface area (Å²) in [7, 11) is 0. The van der Waals surface area contributed by atoms with Crippen molar-refractivity contribution < 1.29 is 9.59 Å². The molecular formula is C24H20N2O2S2. The maximum Gasteiger partial charge on any atom is 0.265 e. The van der Waals surface area contributed by atoms with E-state index in [9.17, 15) is 9.59 Å². The zero-order chi connectivity index (χ0) is 20.7. The second-order valence-corrected chi connectivity index (χ2v) is 9.51. The number of nitrogens with one attached hydrogen (secondary N) is 1. The minimum absolute atomic E-state index is 0.0160. The lowest BCUT2D eigenvalue weighted by Gasteiger charge is -2.28. The predicted octanol–water partition coefficient (Wildman–Crippen LogP) is 5.72. The number of thiophene rings is 2. The SMILES string of the molecule is Cc1c(NC(=O)c2cc3ccccc3s2)cccc1C(=O)N1CCc2sccc2C1. The van der Waals surface area contributed by atoms with Crippen LogP contribution in [-0.4, -0.2) is 23.3 Å². The summed E-state index contributed by atoms with van der Waals surface area (Å²) >= 11 is 3.23. The number of benzene rings is 2. The van der Waals surface area contributed by atoms with Crippen LogP contribution in [-0.2, 0) is 13.0 Å². The fourth-order valence-corrected chi connectivity index (χ4v) is 5.72. The monoisotopic (exact) mass is 432 g/mol. The molecule has 0 aliphatic carbocycles. The number of carbonyl (C=O) groups excluding carboxylic acids is 2. The Bertz CT molecular complexity index is 1240. The van der Waals surface area contributed by atoms with Gasteiger partial charge >= 0.3 is 0 Å². The van der Waals surface area contributed by atoms with E-state index < -0.39 is 0 Å². The fraction of sp³-hybridized carbons (Fsp3) is 0.167. The number of rotatable bonds is 3. The second kappa shape index (κ2) is 7.70. The standard InChI is InChI=1S/C24H20N2O2S2/c1-15-18(24(28)26-11-9-20-17(14-26)10-12-29-20)6-4-7-19(15)25-23(27)22-13-16-5-2-3-8-21(16)30-22/h2-8,10,12-13H,9,11,14H2,1H3,(H,25,27). The van der Waals surface area contributed by atoms with Crippen molar-refractivity contribution in [2.75, 3.05) is 11.9 Å². The Morgan fingerprint density at radius 3 is 2.80 bits per heavy atom. The molecule has 150 valence electrons. The second-order valence-electron chi connectivity index (χ2n) is 7.43. The van der Waals surface area contributed by atoms with Crippen LogP contribution < -0.4 is 5.32 Å². The average Bonchev–Trinajstić information content (AvgIpc) is 3.41. The molecule has 0 radical (unpaired) electrons. The zero-order valence-corrected chi connectivity index (χ0v) is 18.1. The number of fused-ring (bicyclic) bond motifs is 2. The number of anilines is 1. The number of hydrogen-bond donors (Lipinski definition) is 1. The van der Waals surface area contributed by atoms with Gasteiger partial charge < -0.3 is 10.2 Å². The van der Waals surface area contributed by atoms with Crippen LogP contribution in [0.15, 0.2) is 60.0 Å². The van der Waals surface area contributed by atoms with Crippen LogP contribution >= 0.6 is 22.7 Å². The molecule has 0 spiro atoms. The Hall–Kier alpha value is -2.96. The van der Waals surface area contributed by atoms with Crippen molar-refractivity contribution >= 4 is 50.3 Å². The van der Waals surface area contributed by atoms with Crippen molar-refractivity contribution in [2.45, 2.75) is 19.9 Å². The molecule has 5 rings (SSSR count). The summed E-state index contributed by atoms with van der Waals surface area (Å²) in [4.78, 5) is 30.0. The van der Waals surface area contributed by atoms with Gasteiger partial charge in [0, 0.05) is 33.9 Å². The van der Waals surface area contributed by atoms with Gasteiger partial charge in [-0.1, -0.05) is 24.3 Å². The van der Waals surface area contributed by atoms with E-state index >= 15 is 0 Å². The molecule has 3 heterocycles. The molecule has 2 amide bonds. The van der Waals surface area contributed by atoms with Gasteiger partial charge in [-0.05, 0) is 65.6 Å². The highest BCUT2D eigenvalue weighted by Gasteiger charge is 2.24. The van der Waals surface area contributed by atoms with Crippen LogP contribution in [0.3, 0.4) is 0 Å². The van der Waals surface area contributed by atoms with E-state index in [1.54, 1.807) is 11.3 Å². The molecule has 0 unspecified atom stereocenters. The minimum atomic E-state index is -0.148. The van der Waals surface area contributed by atoms with Gasteiger partial charge in [-0.3, -0.25) is 9.59 Å². The lowest BCUT2D eigenvalue weighted by atomic mass is 10.0. The Kier molecular flexibility index (Phi) is 4.89. The summed E-state index contributed by atoms with van der Waals surface area (Å²) < 4.78 is 1.08. The Labute approximate surface area is 182 Å². The van der Waals surface area contributed by atoms with Crippen molar-refractivity contribution in [1.29, 1.82) is 0 Å². The highest BCUT2D eigenvalue weighted by Crippen LogP contribution is 2.29. The highest BCUT2D eigenvalue weighted by molar-refractivity contribution is 7.20. The van der Waals surface area contributed by atoms with E-state index in [4.69, 9.17) is 0 Å². The molecule has 0 atom stereocenters. The van der Waals surface area contributed by atoms with E-state index in [1.165, 1.54) is 21.8 Å². The maximum absolute atomic E-state index is 13.2. The molecule has 0 fully saturated rings. The van der Waals surface area contributed by atoms with Gasteiger partial charge in [0.1, 0.15) is 0 Å². The summed E-state index contributed by atoms with van der Waals surface area (Å²) in [5, 5.41) is 6.15. The Morgan fingerprint density at radius 1 is 1.07 bits per heavy atom. The van der Waals surface area contributed by atoms with Crippen LogP contribution in [0.5, 0.6) is 0 Å². The molecule has 2 aromatic carbocycles.